The van der Waals surface area contributed by atoms with Gasteiger partial charge < -0.3 is 10.2 Å². The highest BCUT2D eigenvalue weighted by atomic mass is 16.2. The molecule has 3 rings (SSSR count). The summed E-state index contributed by atoms with van der Waals surface area (Å²) in [4.78, 5) is 14.8. The summed E-state index contributed by atoms with van der Waals surface area (Å²) in [6, 6.07) is 11.1. The molecule has 2 saturated heterocycles. The van der Waals surface area contributed by atoms with E-state index < -0.39 is 0 Å². The summed E-state index contributed by atoms with van der Waals surface area (Å²) in [6.07, 6.45) is 5.61. The second-order valence-electron chi connectivity index (χ2n) is 6.51. The maximum absolute atomic E-state index is 12.7. The summed E-state index contributed by atoms with van der Waals surface area (Å²) in [5.41, 5.74) is 1.39. The fraction of sp³-hybridized carbons (Fsp3) is 0.611. The van der Waals surface area contributed by atoms with Crippen LogP contribution in [0.4, 0.5) is 0 Å². The number of piperidine rings is 1. The Labute approximate surface area is 127 Å². The Hall–Kier alpha value is -1.35. The van der Waals surface area contributed by atoms with Crippen molar-refractivity contribution in [3.05, 3.63) is 35.9 Å². The Balaban J connectivity index is 1.60. The molecule has 3 atom stereocenters. The van der Waals surface area contributed by atoms with Crippen LogP contribution in [0.3, 0.4) is 0 Å². The number of hydrogen-bond donors (Lipinski definition) is 1. The molecule has 1 N–H and O–H groups in total. The van der Waals surface area contributed by atoms with E-state index in [4.69, 9.17) is 0 Å². The van der Waals surface area contributed by atoms with Crippen molar-refractivity contribution in [1.29, 1.82) is 0 Å². The molecule has 1 amide bonds. The number of likely N-dealkylation sites (tertiary alicyclic amines) is 1. The molecule has 21 heavy (non-hydrogen) atoms. The number of rotatable bonds is 3. The normalized spacial score (nSPS) is 29.6. The van der Waals surface area contributed by atoms with E-state index in [1.165, 1.54) is 18.4 Å². The van der Waals surface area contributed by atoms with Crippen molar-refractivity contribution < 1.29 is 4.79 Å². The van der Waals surface area contributed by atoms with Crippen LogP contribution >= 0.6 is 0 Å². The zero-order valence-corrected chi connectivity index (χ0v) is 12.9. The fourth-order valence-corrected chi connectivity index (χ4v) is 3.77. The first-order valence-electron chi connectivity index (χ1n) is 8.33. The fourth-order valence-electron chi connectivity index (χ4n) is 3.77. The molecule has 1 aromatic carbocycles. The van der Waals surface area contributed by atoms with Crippen LogP contribution in [-0.4, -0.2) is 36.0 Å². The van der Waals surface area contributed by atoms with Crippen LogP contribution in [0.15, 0.2) is 30.3 Å². The molecule has 0 aromatic heterocycles. The highest BCUT2D eigenvalue weighted by Gasteiger charge is 2.36. The second-order valence-corrected chi connectivity index (χ2v) is 6.51. The third-order valence-electron chi connectivity index (χ3n) is 5.15. The maximum Gasteiger partial charge on any atom is 0.239 e. The number of nitrogens with one attached hydrogen (secondary N) is 1. The average Bonchev–Trinajstić information content (AvgIpc) is 2.89. The van der Waals surface area contributed by atoms with Crippen LogP contribution in [0.25, 0.3) is 0 Å². The Morgan fingerprint density at radius 1 is 1.24 bits per heavy atom. The van der Waals surface area contributed by atoms with Crippen LogP contribution in [0.1, 0.15) is 38.2 Å². The summed E-state index contributed by atoms with van der Waals surface area (Å²) in [5.74, 6) is 0.928. The lowest BCUT2D eigenvalue weighted by atomic mass is 9.93. The van der Waals surface area contributed by atoms with E-state index in [2.05, 4.69) is 47.5 Å². The van der Waals surface area contributed by atoms with Crippen LogP contribution in [0.5, 0.6) is 0 Å². The topological polar surface area (TPSA) is 32.3 Å². The molecule has 0 aliphatic carbocycles. The van der Waals surface area contributed by atoms with Crippen LogP contribution in [0.2, 0.25) is 0 Å². The molecule has 1 aromatic rings. The third kappa shape index (κ3) is 3.29. The molecule has 0 saturated carbocycles. The van der Waals surface area contributed by atoms with Gasteiger partial charge in [-0.3, -0.25) is 4.79 Å². The lowest BCUT2D eigenvalue weighted by Gasteiger charge is -2.31. The molecule has 2 fully saturated rings. The molecule has 114 valence electrons. The van der Waals surface area contributed by atoms with Gasteiger partial charge in [0, 0.05) is 12.6 Å². The van der Waals surface area contributed by atoms with Gasteiger partial charge in [0.05, 0.1) is 6.04 Å². The third-order valence-corrected chi connectivity index (χ3v) is 5.15. The number of amides is 1. The quantitative estimate of drug-likeness (QED) is 0.926. The Morgan fingerprint density at radius 3 is 2.76 bits per heavy atom. The van der Waals surface area contributed by atoms with E-state index in [1.807, 2.05) is 0 Å². The molecule has 0 bridgehead atoms. The van der Waals surface area contributed by atoms with Crippen molar-refractivity contribution in [2.24, 2.45) is 5.92 Å². The van der Waals surface area contributed by atoms with Gasteiger partial charge in [-0.1, -0.05) is 36.8 Å². The highest BCUT2D eigenvalue weighted by molar-refractivity contribution is 5.82. The van der Waals surface area contributed by atoms with Gasteiger partial charge in [-0.2, -0.15) is 0 Å². The first-order valence-corrected chi connectivity index (χ1v) is 8.33. The van der Waals surface area contributed by atoms with Gasteiger partial charge in [0.2, 0.25) is 5.91 Å². The van der Waals surface area contributed by atoms with Gasteiger partial charge in [-0.25, -0.2) is 0 Å². The monoisotopic (exact) mass is 286 g/mol. The SMILES string of the molecule is CC1C(Cc2ccccc2)CCN1C(=O)C1CCCCN1. The molecular formula is C18H26N2O. The van der Waals surface area contributed by atoms with E-state index in [0.717, 1.165) is 32.4 Å². The summed E-state index contributed by atoms with van der Waals surface area (Å²) < 4.78 is 0. The number of carbonyl (C=O) groups excluding carboxylic acids is 1. The summed E-state index contributed by atoms with van der Waals surface area (Å²) in [7, 11) is 0. The highest BCUT2D eigenvalue weighted by Crippen LogP contribution is 2.28. The number of carbonyl (C=O) groups is 1. The van der Waals surface area contributed by atoms with Crippen molar-refractivity contribution in [3.8, 4) is 0 Å². The summed E-state index contributed by atoms with van der Waals surface area (Å²) in [6.45, 7) is 4.14. The molecule has 2 aliphatic heterocycles. The molecule has 0 radical (unpaired) electrons. The lowest BCUT2D eigenvalue weighted by Crippen LogP contribution is -2.50. The first-order chi connectivity index (χ1) is 10.3. The molecular weight excluding hydrogens is 260 g/mol. The van der Waals surface area contributed by atoms with Crippen LogP contribution < -0.4 is 5.32 Å². The Morgan fingerprint density at radius 2 is 2.05 bits per heavy atom. The van der Waals surface area contributed by atoms with Crippen molar-refractivity contribution in [2.75, 3.05) is 13.1 Å². The summed E-state index contributed by atoms with van der Waals surface area (Å²) in [5, 5.41) is 3.39. The second kappa shape index (κ2) is 6.61. The molecule has 3 nitrogen and oxygen atoms in total. The van der Waals surface area contributed by atoms with E-state index >= 15 is 0 Å². The van der Waals surface area contributed by atoms with Crippen molar-refractivity contribution in [2.45, 2.75) is 51.1 Å². The first kappa shape index (κ1) is 14.6. The molecule has 2 aliphatic rings. The Bertz CT molecular complexity index is 467. The molecule has 3 heteroatoms. The van der Waals surface area contributed by atoms with Gasteiger partial charge in [0.25, 0.3) is 0 Å². The van der Waals surface area contributed by atoms with Gasteiger partial charge >= 0.3 is 0 Å². The maximum atomic E-state index is 12.7. The largest absolute Gasteiger partial charge is 0.338 e. The number of benzene rings is 1. The smallest absolute Gasteiger partial charge is 0.239 e. The average molecular weight is 286 g/mol. The van der Waals surface area contributed by atoms with Crippen LogP contribution in [-0.2, 0) is 11.2 Å². The van der Waals surface area contributed by atoms with Gasteiger partial charge in [0.15, 0.2) is 0 Å². The van der Waals surface area contributed by atoms with Gasteiger partial charge in [-0.15, -0.1) is 0 Å². The van der Waals surface area contributed by atoms with Crippen molar-refractivity contribution in [1.82, 2.24) is 10.2 Å². The van der Waals surface area contributed by atoms with Crippen LogP contribution in [0, 0.1) is 5.92 Å². The zero-order valence-electron chi connectivity index (χ0n) is 12.9. The van der Waals surface area contributed by atoms with Crippen molar-refractivity contribution >= 4 is 5.91 Å². The van der Waals surface area contributed by atoms with E-state index in [-0.39, 0.29) is 6.04 Å². The minimum Gasteiger partial charge on any atom is -0.338 e. The molecule has 0 spiro atoms. The van der Waals surface area contributed by atoms with E-state index in [9.17, 15) is 4.79 Å². The zero-order chi connectivity index (χ0) is 14.7. The molecule has 3 unspecified atom stereocenters. The Kier molecular flexibility index (Phi) is 4.59. The number of hydrogen-bond acceptors (Lipinski definition) is 2. The standard InChI is InChI=1S/C18H26N2O/c1-14-16(13-15-7-3-2-4-8-15)10-12-20(14)18(21)17-9-5-6-11-19-17/h2-4,7-8,14,16-17,19H,5-6,9-13H2,1H3. The van der Waals surface area contributed by atoms with E-state index in [1.54, 1.807) is 0 Å². The minimum absolute atomic E-state index is 0.0664. The van der Waals surface area contributed by atoms with Gasteiger partial charge in [-0.05, 0) is 50.6 Å². The minimum atomic E-state index is 0.0664. The molecule has 2 heterocycles. The predicted octanol–water partition coefficient (Wildman–Crippen LogP) is 2.61. The summed E-state index contributed by atoms with van der Waals surface area (Å²) >= 11 is 0. The van der Waals surface area contributed by atoms with E-state index in [0.29, 0.717) is 17.9 Å². The van der Waals surface area contributed by atoms with Gasteiger partial charge in [0.1, 0.15) is 0 Å². The predicted molar refractivity (Wildman–Crippen MR) is 85.1 cm³/mol. The lowest BCUT2D eigenvalue weighted by molar-refractivity contribution is -0.134. The number of nitrogens with zero attached hydrogens (tertiary/aromatic N) is 1. The van der Waals surface area contributed by atoms with Crippen molar-refractivity contribution in [3.63, 3.8) is 0 Å².